The molecule has 3 aliphatic rings. The van der Waals surface area contributed by atoms with Gasteiger partial charge in [0.15, 0.2) is 0 Å². The summed E-state index contributed by atoms with van der Waals surface area (Å²) in [6.45, 7) is 8.21. The van der Waals surface area contributed by atoms with Crippen molar-refractivity contribution >= 4 is 40.1 Å². The minimum Gasteiger partial charge on any atom is -0.379 e. The maximum Gasteiger partial charge on any atom is 0.228 e. The van der Waals surface area contributed by atoms with E-state index in [1.54, 1.807) is 0 Å². The SMILES string of the molecule is Cn1nc(CCN2CCOCC2)c2ccc(-c3cc(Nc4ccc(C5=CC=NC5)cc4)nc(N4CCOCC4)n3)cc21. The summed E-state index contributed by atoms with van der Waals surface area (Å²) < 4.78 is 13.1. The van der Waals surface area contributed by atoms with Gasteiger partial charge in [0.25, 0.3) is 0 Å². The van der Waals surface area contributed by atoms with E-state index in [4.69, 9.17) is 24.5 Å². The zero-order valence-corrected chi connectivity index (χ0v) is 24.0. The highest BCUT2D eigenvalue weighted by Crippen LogP contribution is 2.30. The number of hydrogen-bond donors (Lipinski definition) is 1. The number of allylic oxidation sites excluding steroid dienone is 1. The highest BCUT2D eigenvalue weighted by Gasteiger charge is 2.18. The molecule has 42 heavy (non-hydrogen) atoms. The number of aryl methyl sites for hydroxylation is 1. The first-order valence-electron chi connectivity index (χ1n) is 14.7. The maximum atomic E-state index is 5.59. The lowest BCUT2D eigenvalue weighted by Gasteiger charge is -2.27. The van der Waals surface area contributed by atoms with Crippen molar-refractivity contribution in [3.63, 3.8) is 0 Å². The first-order valence-corrected chi connectivity index (χ1v) is 14.7. The zero-order chi connectivity index (χ0) is 28.3. The van der Waals surface area contributed by atoms with Crippen LogP contribution in [0.5, 0.6) is 0 Å². The van der Waals surface area contributed by atoms with Gasteiger partial charge in [-0.3, -0.25) is 14.6 Å². The average Bonchev–Trinajstić information content (AvgIpc) is 3.69. The monoisotopic (exact) mass is 564 g/mol. The minimum absolute atomic E-state index is 0.672. The third kappa shape index (κ3) is 5.78. The molecule has 0 radical (unpaired) electrons. The minimum atomic E-state index is 0.672. The third-order valence-corrected chi connectivity index (χ3v) is 8.17. The summed E-state index contributed by atoms with van der Waals surface area (Å²) in [7, 11) is 2.02. The third-order valence-electron chi connectivity index (χ3n) is 8.17. The lowest BCUT2D eigenvalue weighted by Crippen LogP contribution is -2.37. The van der Waals surface area contributed by atoms with E-state index in [1.165, 1.54) is 16.5 Å². The van der Waals surface area contributed by atoms with E-state index < -0.39 is 0 Å². The number of aliphatic imine (C=N–C) groups is 1. The number of anilines is 3. The predicted molar refractivity (Wildman–Crippen MR) is 167 cm³/mol. The number of hydrogen-bond acceptors (Lipinski definition) is 9. The average molecular weight is 565 g/mol. The number of rotatable bonds is 8. The van der Waals surface area contributed by atoms with Gasteiger partial charge < -0.3 is 19.7 Å². The van der Waals surface area contributed by atoms with Gasteiger partial charge in [0.2, 0.25) is 5.95 Å². The van der Waals surface area contributed by atoms with Gasteiger partial charge in [-0.2, -0.15) is 10.1 Å². The van der Waals surface area contributed by atoms with E-state index in [-0.39, 0.29) is 0 Å². The summed E-state index contributed by atoms with van der Waals surface area (Å²) in [5, 5.41) is 9.60. The second-order valence-electron chi connectivity index (χ2n) is 10.9. The van der Waals surface area contributed by atoms with Crippen LogP contribution in [-0.2, 0) is 22.9 Å². The van der Waals surface area contributed by atoms with Crippen molar-refractivity contribution in [2.24, 2.45) is 12.0 Å². The van der Waals surface area contributed by atoms with Gasteiger partial charge in [-0.25, -0.2) is 4.98 Å². The molecule has 7 rings (SSSR count). The molecule has 2 fully saturated rings. The number of fused-ring (bicyclic) bond motifs is 1. The van der Waals surface area contributed by atoms with Gasteiger partial charge in [0, 0.05) is 75.1 Å². The van der Waals surface area contributed by atoms with Gasteiger partial charge in [-0.05, 0) is 35.4 Å². The van der Waals surface area contributed by atoms with Gasteiger partial charge >= 0.3 is 0 Å². The van der Waals surface area contributed by atoms with Gasteiger partial charge in [0.1, 0.15) is 5.82 Å². The van der Waals surface area contributed by atoms with E-state index in [1.807, 2.05) is 24.0 Å². The molecule has 0 aliphatic carbocycles. The second kappa shape index (κ2) is 12.0. The molecule has 5 heterocycles. The van der Waals surface area contributed by atoms with Crippen LogP contribution in [0, 0.1) is 0 Å². The molecule has 3 aliphatic heterocycles. The number of nitrogens with zero attached hydrogens (tertiary/aromatic N) is 7. The molecule has 0 bridgehead atoms. The fourth-order valence-electron chi connectivity index (χ4n) is 5.77. The Kier molecular flexibility index (Phi) is 7.65. The molecule has 2 aromatic heterocycles. The lowest BCUT2D eigenvalue weighted by molar-refractivity contribution is 0.0383. The van der Waals surface area contributed by atoms with Gasteiger partial charge in [-0.1, -0.05) is 24.3 Å². The summed E-state index contributed by atoms with van der Waals surface area (Å²) >= 11 is 0. The standard InChI is InChI=1S/C32H36N8O2/c1-38-30-20-24(4-7-27(30)28(37-38)9-11-39-12-16-41-17-13-39)29-21-31(36-32(35-29)40-14-18-42-19-15-40)34-26-5-2-23(3-6-26)25-8-10-33-22-25/h2-8,10,20-21H,9,11-19,22H2,1H3,(H,34,35,36). The van der Waals surface area contributed by atoms with Gasteiger partial charge in [-0.15, -0.1) is 0 Å². The van der Waals surface area contributed by atoms with Crippen LogP contribution in [0.3, 0.4) is 0 Å². The summed E-state index contributed by atoms with van der Waals surface area (Å²) in [6.07, 6.45) is 4.86. The van der Waals surface area contributed by atoms with Crippen LogP contribution in [0.2, 0.25) is 0 Å². The summed E-state index contributed by atoms with van der Waals surface area (Å²) in [6, 6.07) is 17.0. The number of nitrogens with one attached hydrogen (secondary N) is 1. The van der Waals surface area contributed by atoms with E-state index >= 15 is 0 Å². The Morgan fingerprint density at radius 1 is 0.857 bits per heavy atom. The fourth-order valence-corrected chi connectivity index (χ4v) is 5.77. The molecule has 2 saturated heterocycles. The molecule has 4 aromatic rings. The summed E-state index contributed by atoms with van der Waals surface area (Å²) in [5.41, 5.74) is 7.53. The Morgan fingerprint density at radius 2 is 1.62 bits per heavy atom. The quantitative estimate of drug-likeness (QED) is 0.344. The smallest absolute Gasteiger partial charge is 0.228 e. The lowest BCUT2D eigenvalue weighted by atomic mass is 10.1. The second-order valence-corrected chi connectivity index (χ2v) is 10.9. The molecule has 0 saturated carbocycles. The molecule has 10 heteroatoms. The van der Waals surface area contributed by atoms with E-state index in [0.29, 0.717) is 19.2 Å². The van der Waals surface area contributed by atoms with Crippen LogP contribution in [0.25, 0.3) is 27.7 Å². The van der Waals surface area contributed by atoms with Crippen molar-refractivity contribution in [3.05, 3.63) is 65.9 Å². The summed E-state index contributed by atoms with van der Waals surface area (Å²) in [5.74, 6) is 1.47. The van der Waals surface area contributed by atoms with Crippen molar-refractivity contribution in [1.82, 2.24) is 24.6 Å². The Bertz CT molecular complexity index is 1620. The van der Waals surface area contributed by atoms with Crippen molar-refractivity contribution in [3.8, 4) is 11.3 Å². The van der Waals surface area contributed by atoms with Crippen molar-refractivity contribution < 1.29 is 9.47 Å². The molecule has 2 aromatic carbocycles. The number of ether oxygens (including phenoxy) is 2. The van der Waals surface area contributed by atoms with Crippen LogP contribution in [0.1, 0.15) is 11.3 Å². The highest BCUT2D eigenvalue weighted by atomic mass is 16.5. The van der Waals surface area contributed by atoms with Crippen LogP contribution in [-0.4, -0.2) is 96.6 Å². The first-order chi connectivity index (χ1) is 20.7. The molecule has 1 N–H and O–H groups in total. The summed E-state index contributed by atoms with van der Waals surface area (Å²) in [4.78, 5) is 18.9. The highest BCUT2D eigenvalue weighted by molar-refractivity contribution is 5.90. The van der Waals surface area contributed by atoms with Crippen molar-refractivity contribution in [2.75, 3.05) is 75.9 Å². The van der Waals surface area contributed by atoms with Crippen molar-refractivity contribution in [1.29, 1.82) is 0 Å². The van der Waals surface area contributed by atoms with Crippen LogP contribution in [0.4, 0.5) is 17.5 Å². The molecule has 0 unspecified atom stereocenters. The largest absolute Gasteiger partial charge is 0.379 e. The number of morpholine rings is 2. The van der Waals surface area contributed by atoms with Crippen LogP contribution < -0.4 is 10.2 Å². The normalized spacial score (nSPS) is 17.6. The van der Waals surface area contributed by atoms with Crippen LogP contribution >= 0.6 is 0 Å². The molecular weight excluding hydrogens is 528 g/mol. The Morgan fingerprint density at radius 3 is 2.38 bits per heavy atom. The van der Waals surface area contributed by atoms with Crippen molar-refractivity contribution in [2.45, 2.75) is 6.42 Å². The molecule has 216 valence electrons. The van der Waals surface area contributed by atoms with E-state index in [9.17, 15) is 0 Å². The van der Waals surface area contributed by atoms with E-state index in [2.05, 4.69) is 68.6 Å². The van der Waals surface area contributed by atoms with Gasteiger partial charge in [0.05, 0.1) is 49.9 Å². The number of aromatic nitrogens is 4. The predicted octanol–water partition coefficient (Wildman–Crippen LogP) is 3.95. The Hall–Kier alpha value is -4.12. The zero-order valence-electron chi connectivity index (χ0n) is 24.0. The maximum absolute atomic E-state index is 5.59. The first kappa shape index (κ1) is 26.8. The molecule has 10 nitrogen and oxygen atoms in total. The Balaban J connectivity index is 1.17. The Labute approximate surface area is 245 Å². The fraction of sp³-hybridized carbons (Fsp3) is 0.375. The molecular formula is C32H36N8O2. The van der Waals surface area contributed by atoms with E-state index in [0.717, 1.165) is 92.9 Å². The molecule has 0 amide bonds. The van der Waals surface area contributed by atoms with Crippen LogP contribution in [0.15, 0.2) is 59.6 Å². The molecule has 0 spiro atoms. The molecule has 0 atom stereocenters. The topological polar surface area (TPSA) is 92.9 Å². The number of benzene rings is 2.